The molecule has 1 fully saturated rings. The van der Waals surface area contributed by atoms with E-state index in [0.717, 1.165) is 16.5 Å². The van der Waals surface area contributed by atoms with E-state index in [4.69, 9.17) is 10.5 Å². The number of rotatable bonds is 5. The van der Waals surface area contributed by atoms with Crippen LogP contribution in [-0.2, 0) is 20.7 Å². The van der Waals surface area contributed by atoms with Crippen molar-refractivity contribution in [2.75, 3.05) is 13.7 Å². The monoisotopic (exact) mass is 315 g/mol. The van der Waals surface area contributed by atoms with Crippen molar-refractivity contribution >= 4 is 22.7 Å². The number of fused-ring (bicyclic) bond motifs is 1. The van der Waals surface area contributed by atoms with Crippen molar-refractivity contribution in [2.24, 2.45) is 5.73 Å². The molecule has 2 aromatic rings. The van der Waals surface area contributed by atoms with E-state index in [1.807, 2.05) is 30.5 Å². The molecule has 1 aromatic heterocycles. The van der Waals surface area contributed by atoms with E-state index in [9.17, 15) is 9.59 Å². The zero-order valence-corrected chi connectivity index (χ0v) is 13.1. The van der Waals surface area contributed by atoms with E-state index >= 15 is 0 Å². The van der Waals surface area contributed by atoms with Gasteiger partial charge in [-0.1, -0.05) is 18.2 Å². The van der Waals surface area contributed by atoms with Gasteiger partial charge in [-0.05, 0) is 18.1 Å². The molecule has 3 N–H and O–H groups in total. The molecule has 23 heavy (non-hydrogen) atoms. The SMILES string of the molecule is CO[C@H]1C[C@@H](C(N)=O)N(C(=O)CCc2c[nH]c3ccccc23)C1. The normalized spacial score (nSPS) is 21.0. The molecule has 1 aliphatic rings. The summed E-state index contributed by atoms with van der Waals surface area (Å²) < 4.78 is 5.27. The van der Waals surface area contributed by atoms with E-state index in [1.54, 1.807) is 12.0 Å². The maximum absolute atomic E-state index is 12.5. The smallest absolute Gasteiger partial charge is 0.240 e. The van der Waals surface area contributed by atoms with Crippen LogP contribution in [0.2, 0.25) is 0 Å². The van der Waals surface area contributed by atoms with Crippen molar-refractivity contribution in [3.05, 3.63) is 36.0 Å². The number of aromatic amines is 1. The van der Waals surface area contributed by atoms with Gasteiger partial charge in [-0.25, -0.2) is 0 Å². The number of ether oxygens (including phenoxy) is 1. The number of amides is 2. The minimum atomic E-state index is -0.560. The fraction of sp³-hybridized carbons (Fsp3) is 0.412. The lowest BCUT2D eigenvalue weighted by Gasteiger charge is -2.21. The first-order valence-corrected chi connectivity index (χ1v) is 7.76. The predicted molar refractivity (Wildman–Crippen MR) is 86.7 cm³/mol. The van der Waals surface area contributed by atoms with Gasteiger partial charge >= 0.3 is 0 Å². The van der Waals surface area contributed by atoms with Crippen LogP contribution in [0.15, 0.2) is 30.5 Å². The van der Waals surface area contributed by atoms with Gasteiger partial charge in [0, 0.05) is 43.6 Å². The number of primary amides is 1. The zero-order valence-electron chi connectivity index (χ0n) is 13.1. The van der Waals surface area contributed by atoms with Gasteiger partial charge in [0.25, 0.3) is 0 Å². The molecule has 1 aliphatic heterocycles. The lowest BCUT2D eigenvalue weighted by atomic mass is 10.1. The number of carbonyl (C=O) groups is 2. The number of methoxy groups -OCH3 is 1. The molecule has 0 unspecified atom stereocenters. The first-order valence-electron chi connectivity index (χ1n) is 7.76. The largest absolute Gasteiger partial charge is 0.380 e. The maximum Gasteiger partial charge on any atom is 0.240 e. The highest BCUT2D eigenvalue weighted by Crippen LogP contribution is 2.23. The Balaban J connectivity index is 1.68. The minimum absolute atomic E-state index is 0.0568. The number of nitrogens with two attached hydrogens (primary N) is 1. The number of nitrogens with zero attached hydrogens (tertiary/aromatic N) is 1. The summed E-state index contributed by atoms with van der Waals surface area (Å²) in [5.74, 6) is -0.524. The van der Waals surface area contributed by atoms with Gasteiger partial charge in [0.15, 0.2) is 0 Å². The zero-order chi connectivity index (χ0) is 16.4. The fourth-order valence-corrected chi connectivity index (χ4v) is 3.24. The van der Waals surface area contributed by atoms with E-state index in [2.05, 4.69) is 4.98 Å². The maximum atomic E-state index is 12.5. The van der Waals surface area contributed by atoms with Crippen LogP contribution in [-0.4, -0.2) is 47.5 Å². The standard InChI is InChI=1S/C17H21N3O3/c1-23-12-8-15(17(18)22)20(10-12)16(21)7-6-11-9-19-14-5-3-2-4-13(11)14/h2-5,9,12,15,19H,6-8,10H2,1H3,(H2,18,22)/t12-,15-/m0/s1. The lowest BCUT2D eigenvalue weighted by molar-refractivity contribution is -0.137. The summed E-state index contributed by atoms with van der Waals surface area (Å²) in [5, 5.41) is 1.13. The summed E-state index contributed by atoms with van der Waals surface area (Å²) in [7, 11) is 1.59. The minimum Gasteiger partial charge on any atom is -0.380 e. The Morgan fingerprint density at radius 2 is 2.17 bits per heavy atom. The lowest BCUT2D eigenvalue weighted by Crippen LogP contribution is -2.43. The molecular formula is C17H21N3O3. The summed E-state index contributed by atoms with van der Waals surface area (Å²) in [6.07, 6.45) is 3.27. The van der Waals surface area contributed by atoms with Crippen molar-refractivity contribution in [1.29, 1.82) is 0 Å². The first kappa shape index (κ1) is 15.6. The van der Waals surface area contributed by atoms with Gasteiger partial charge < -0.3 is 20.4 Å². The summed E-state index contributed by atoms with van der Waals surface area (Å²) in [6.45, 7) is 0.427. The van der Waals surface area contributed by atoms with Crippen LogP contribution in [0.4, 0.5) is 0 Å². The quantitative estimate of drug-likeness (QED) is 0.869. The van der Waals surface area contributed by atoms with Crippen LogP contribution < -0.4 is 5.73 Å². The number of likely N-dealkylation sites (tertiary alicyclic amines) is 1. The summed E-state index contributed by atoms with van der Waals surface area (Å²) >= 11 is 0. The number of aryl methyl sites for hydroxylation is 1. The molecule has 0 radical (unpaired) electrons. The molecule has 3 rings (SSSR count). The molecule has 0 aliphatic carbocycles. The number of benzene rings is 1. The average Bonchev–Trinajstić information content (AvgIpc) is 3.17. The van der Waals surface area contributed by atoms with Crippen molar-refractivity contribution < 1.29 is 14.3 Å². The molecule has 0 saturated carbocycles. The summed E-state index contributed by atoms with van der Waals surface area (Å²) in [6, 6.07) is 7.44. The van der Waals surface area contributed by atoms with E-state index in [-0.39, 0.29) is 12.0 Å². The number of aromatic nitrogens is 1. The molecule has 6 nitrogen and oxygen atoms in total. The molecule has 2 amide bonds. The Kier molecular flexibility index (Phi) is 4.34. The predicted octanol–water partition coefficient (Wildman–Crippen LogP) is 1.20. The van der Waals surface area contributed by atoms with Gasteiger partial charge in [-0.2, -0.15) is 0 Å². The Labute approximate surface area is 134 Å². The van der Waals surface area contributed by atoms with Crippen LogP contribution >= 0.6 is 0 Å². The molecule has 2 heterocycles. The topological polar surface area (TPSA) is 88.4 Å². The van der Waals surface area contributed by atoms with Gasteiger partial charge in [0.1, 0.15) is 6.04 Å². The Morgan fingerprint density at radius 1 is 1.39 bits per heavy atom. The van der Waals surface area contributed by atoms with Crippen molar-refractivity contribution in [2.45, 2.75) is 31.4 Å². The highest BCUT2D eigenvalue weighted by molar-refractivity contribution is 5.88. The molecule has 1 saturated heterocycles. The van der Waals surface area contributed by atoms with Gasteiger partial charge in [-0.15, -0.1) is 0 Å². The molecule has 0 spiro atoms. The highest BCUT2D eigenvalue weighted by Gasteiger charge is 2.38. The van der Waals surface area contributed by atoms with Crippen LogP contribution in [0.25, 0.3) is 10.9 Å². The average molecular weight is 315 g/mol. The number of nitrogens with one attached hydrogen (secondary N) is 1. The molecular weight excluding hydrogens is 294 g/mol. The molecule has 2 atom stereocenters. The highest BCUT2D eigenvalue weighted by atomic mass is 16.5. The van der Waals surface area contributed by atoms with Crippen LogP contribution in [0.5, 0.6) is 0 Å². The summed E-state index contributed by atoms with van der Waals surface area (Å²) in [5.41, 5.74) is 7.58. The van der Waals surface area contributed by atoms with Crippen molar-refractivity contribution in [3.8, 4) is 0 Å². The van der Waals surface area contributed by atoms with E-state index in [0.29, 0.717) is 25.8 Å². The second kappa shape index (κ2) is 6.42. The van der Waals surface area contributed by atoms with Crippen molar-refractivity contribution in [3.63, 3.8) is 0 Å². The van der Waals surface area contributed by atoms with Crippen LogP contribution in [0.3, 0.4) is 0 Å². The van der Waals surface area contributed by atoms with E-state index in [1.165, 1.54) is 0 Å². The van der Waals surface area contributed by atoms with Gasteiger partial charge in [0.2, 0.25) is 11.8 Å². The third-order valence-electron chi connectivity index (χ3n) is 4.53. The molecule has 1 aromatic carbocycles. The van der Waals surface area contributed by atoms with Crippen LogP contribution in [0.1, 0.15) is 18.4 Å². The number of hydrogen-bond donors (Lipinski definition) is 2. The number of hydrogen-bond acceptors (Lipinski definition) is 3. The van der Waals surface area contributed by atoms with Crippen LogP contribution in [0, 0.1) is 0 Å². The Hall–Kier alpha value is -2.34. The second-order valence-electron chi connectivity index (χ2n) is 5.92. The number of H-pyrrole nitrogens is 1. The molecule has 122 valence electrons. The fourth-order valence-electron chi connectivity index (χ4n) is 3.24. The Bertz CT molecular complexity index is 725. The first-order chi connectivity index (χ1) is 11.1. The summed E-state index contributed by atoms with van der Waals surface area (Å²) in [4.78, 5) is 28.8. The molecule has 0 bridgehead atoms. The second-order valence-corrected chi connectivity index (χ2v) is 5.92. The van der Waals surface area contributed by atoms with Gasteiger partial charge in [-0.3, -0.25) is 9.59 Å². The third-order valence-corrected chi connectivity index (χ3v) is 4.53. The van der Waals surface area contributed by atoms with Crippen molar-refractivity contribution in [1.82, 2.24) is 9.88 Å². The number of para-hydroxylation sites is 1. The molecule has 6 heteroatoms. The van der Waals surface area contributed by atoms with Gasteiger partial charge in [0.05, 0.1) is 6.10 Å². The third kappa shape index (κ3) is 3.07. The van der Waals surface area contributed by atoms with E-state index < -0.39 is 11.9 Å². The number of carbonyl (C=O) groups excluding carboxylic acids is 2. The Morgan fingerprint density at radius 3 is 2.91 bits per heavy atom.